The van der Waals surface area contributed by atoms with Gasteiger partial charge in [0, 0.05) is 0 Å². The highest BCUT2D eigenvalue weighted by atomic mass is 35.5. The number of hydrogen-bond acceptors (Lipinski definition) is 3. The van der Waals surface area contributed by atoms with Crippen molar-refractivity contribution in [3.8, 4) is 5.75 Å². The van der Waals surface area contributed by atoms with Gasteiger partial charge >= 0.3 is 0 Å². The zero-order valence-corrected chi connectivity index (χ0v) is 9.31. The van der Waals surface area contributed by atoms with Gasteiger partial charge in [0.1, 0.15) is 11.9 Å². The van der Waals surface area contributed by atoms with Crippen LogP contribution in [0.4, 0.5) is 0 Å². The second-order valence-corrected chi connectivity index (χ2v) is 3.48. The third-order valence-corrected chi connectivity index (χ3v) is 2.35. The van der Waals surface area contributed by atoms with Crippen molar-refractivity contribution in [1.82, 2.24) is 0 Å². The smallest absolute Gasteiger partial charge is 0.119 e. The summed E-state index contributed by atoms with van der Waals surface area (Å²) in [7, 11) is 0. The van der Waals surface area contributed by atoms with Crippen molar-refractivity contribution in [3.05, 3.63) is 29.8 Å². The van der Waals surface area contributed by atoms with Crippen LogP contribution in [-0.4, -0.2) is 28.8 Å². The molecule has 15 heavy (non-hydrogen) atoms. The number of benzene rings is 1. The Labute approximate surface area is 94.3 Å². The number of ether oxygens (including phenoxy) is 1. The van der Waals surface area contributed by atoms with Gasteiger partial charge in [0.05, 0.1) is 18.6 Å². The van der Waals surface area contributed by atoms with Crippen molar-refractivity contribution in [3.63, 3.8) is 0 Å². The Morgan fingerprint density at radius 3 is 2.73 bits per heavy atom. The largest absolute Gasteiger partial charge is 0.494 e. The van der Waals surface area contributed by atoms with Gasteiger partial charge in [-0.2, -0.15) is 0 Å². The molecule has 2 atom stereocenters. The molecule has 0 aliphatic rings. The number of halogens is 1. The van der Waals surface area contributed by atoms with E-state index >= 15 is 0 Å². The summed E-state index contributed by atoms with van der Waals surface area (Å²) in [5.41, 5.74) is 0.606. The van der Waals surface area contributed by atoms with Crippen molar-refractivity contribution < 1.29 is 14.9 Å². The van der Waals surface area contributed by atoms with Gasteiger partial charge in [0.2, 0.25) is 0 Å². The summed E-state index contributed by atoms with van der Waals surface area (Å²) in [5, 5.41) is 19.1. The Morgan fingerprint density at radius 2 is 2.13 bits per heavy atom. The van der Waals surface area contributed by atoms with E-state index < -0.39 is 12.2 Å². The lowest BCUT2D eigenvalue weighted by Crippen LogP contribution is -2.19. The Morgan fingerprint density at radius 1 is 1.40 bits per heavy atom. The molecule has 0 aliphatic heterocycles. The second kappa shape index (κ2) is 5.95. The molecule has 0 radical (unpaired) electrons. The molecule has 0 spiro atoms. The summed E-state index contributed by atoms with van der Waals surface area (Å²) in [4.78, 5) is 0. The minimum absolute atomic E-state index is 0.0000290. The van der Waals surface area contributed by atoms with Crippen LogP contribution in [0.1, 0.15) is 18.6 Å². The molecule has 3 nitrogen and oxygen atoms in total. The van der Waals surface area contributed by atoms with Gasteiger partial charge in [0.15, 0.2) is 0 Å². The summed E-state index contributed by atoms with van der Waals surface area (Å²) in [6.45, 7) is 2.45. The zero-order chi connectivity index (χ0) is 11.3. The summed E-state index contributed by atoms with van der Waals surface area (Å²) >= 11 is 5.46. The predicted molar refractivity (Wildman–Crippen MR) is 59.3 cm³/mol. The lowest BCUT2D eigenvalue weighted by molar-refractivity contribution is 0.0326. The molecular formula is C11H15ClO3. The van der Waals surface area contributed by atoms with Crippen LogP contribution in [-0.2, 0) is 0 Å². The highest BCUT2D eigenvalue weighted by molar-refractivity contribution is 6.18. The fourth-order valence-corrected chi connectivity index (χ4v) is 1.43. The predicted octanol–water partition coefficient (Wildman–Crippen LogP) is 1.72. The standard InChI is InChI=1S/C11H15ClO3/c1-2-15-9-5-3-4-8(6-9)11(14)10(13)7-12/h3-6,10-11,13-14H,2,7H2,1H3. The van der Waals surface area contributed by atoms with E-state index in [1.54, 1.807) is 24.3 Å². The van der Waals surface area contributed by atoms with Gasteiger partial charge < -0.3 is 14.9 Å². The lowest BCUT2D eigenvalue weighted by atomic mass is 10.1. The van der Waals surface area contributed by atoms with E-state index in [1.807, 2.05) is 6.92 Å². The molecule has 0 heterocycles. The summed E-state index contributed by atoms with van der Waals surface area (Å²) < 4.78 is 5.28. The third-order valence-electron chi connectivity index (χ3n) is 2.03. The Balaban J connectivity index is 2.80. The maximum atomic E-state index is 9.69. The quantitative estimate of drug-likeness (QED) is 0.758. The average molecular weight is 231 g/mol. The highest BCUT2D eigenvalue weighted by Crippen LogP contribution is 2.22. The van der Waals surface area contributed by atoms with Crippen LogP contribution in [0, 0.1) is 0 Å². The first kappa shape index (κ1) is 12.3. The molecule has 2 N–H and O–H groups in total. The van der Waals surface area contributed by atoms with E-state index in [2.05, 4.69) is 0 Å². The SMILES string of the molecule is CCOc1cccc(C(O)C(O)CCl)c1. The van der Waals surface area contributed by atoms with Gasteiger partial charge in [-0.15, -0.1) is 11.6 Å². The maximum Gasteiger partial charge on any atom is 0.119 e. The van der Waals surface area contributed by atoms with E-state index in [4.69, 9.17) is 16.3 Å². The Bertz CT molecular complexity index is 304. The molecule has 0 saturated carbocycles. The molecule has 1 rings (SSSR count). The highest BCUT2D eigenvalue weighted by Gasteiger charge is 2.17. The van der Waals surface area contributed by atoms with Gasteiger partial charge in [-0.05, 0) is 24.6 Å². The molecule has 1 aromatic carbocycles. The van der Waals surface area contributed by atoms with Crippen molar-refractivity contribution in [2.24, 2.45) is 0 Å². The van der Waals surface area contributed by atoms with E-state index in [9.17, 15) is 10.2 Å². The molecule has 0 fully saturated rings. The number of aliphatic hydroxyl groups excluding tert-OH is 2. The monoisotopic (exact) mass is 230 g/mol. The second-order valence-electron chi connectivity index (χ2n) is 3.17. The topological polar surface area (TPSA) is 49.7 Å². The van der Waals surface area contributed by atoms with Crippen molar-refractivity contribution in [2.75, 3.05) is 12.5 Å². The van der Waals surface area contributed by atoms with Gasteiger partial charge in [0.25, 0.3) is 0 Å². The van der Waals surface area contributed by atoms with E-state index in [0.717, 1.165) is 0 Å². The maximum absolute atomic E-state index is 9.69. The third kappa shape index (κ3) is 3.38. The first-order valence-corrected chi connectivity index (χ1v) is 5.37. The first-order valence-electron chi connectivity index (χ1n) is 4.84. The summed E-state index contributed by atoms with van der Waals surface area (Å²) in [6.07, 6.45) is -1.92. The molecule has 2 unspecified atom stereocenters. The minimum atomic E-state index is -0.970. The van der Waals surface area contributed by atoms with Crippen LogP contribution in [0.2, 0.25) is 0 Å². The summed E-state index contributed by atoms with van der Waals surface area (Å²) in [5.74, 6) is 0.677. The molecular weight excluding hydrogens is 216 g/mol. The van der Waals surface area contributed by atoms with Crippen molar-refractivity contribution in [2.45, 2.75) is 19.1 Å². The van der Waals surface area contributed by atoms with Crippen LogP contribution < -0.4 is 4.74 Å². The van der Waals surface area contributed by atoms with Gasteiger partial charge in [-0.25, -0.2) is 0 Å². The van der Waals surface area contributed by atoms with Crippen LogP contribution in [0.3, 0.4) is 0 Å². The molecule has 4 heteroatoms. The van der Waals surface area contributed by atoms with Crippen molar-refractivity contribution in [1.29, 1.82) is 0 Å². The molecule has 0 amide bonds. The fraction of sp³-hybridized carbons (Fsp3) is 0.455. The Kier molecular flexibility index (Phi) is 4.88. The van der Waals surface area contributed by atoms with Gasteiger partial charge in [-0.1, -0.05) is 12.1 Å². The molecule has 0 bridgehead atoms. The number of rotatable bonds is 5. The number of aliphatic hydroxyl groups is 2. The van der Waals surface area contributed by atoms with E-state index in [1.165, 1.54) is 0 Å². The molecule has 0 saturated heterocycles. The van der Waals surface area contributed by atoms with Crippen LogP contribution in [0.5, 0.6) is 5.75 Å². The normalized spacial score (nSPS) is 14.7. The molecule has 1 aromatic rings. The average Bonchev–Trinajstić information content (AvgIpc) is 2.28. The minimum Gasteiger partial charge on any atom is -0.494 e. The molecule has 0 aromatic heterocycles. The number of hydrogen-bond donors (Lipinski definition) is 2. The van der Waals surface area contributed by atoms with E-state index in [-0.39, 0.29) is 5.88 Å². The van der Waals surface area contributed by atoms with Crippen molar-refractivity contribution >= 4 is 11.6 Å². The van der Waals surface area contributed by atoms with E-state index in [0.29, 0.717) is 17.9 Å². The van der Waals surface area contributed by atoms with Crippen LogP contribution in [0.15, 0.2) is 24.3 Å². The van der Waals surface area contributed by atoms with Crippen LogP contribution >= 0.6 is 11.6 Å². The molecule has 0 aliphatic carbocycles. The lowest BCUT2D eigenvalue weighted by Gasteiger charge is -2.16. The van der Waals surface area contributed by atoms with Crippen LogP contribution in [0.25, 0.3) is 0 Å². The molecule has 84 valence electrons. The Hall–Kier alpha value is -0.770. The van der Waals surface area contributed by atoms with Gasteiger partial charge in [-0.3, -0.25) is 0 Å². The zero-order valence-electron chi connectivity index (χ0n) is 8.56. The first-order chi connectivity index (χ1) is 7.19. The fourth-order valence-electron chi connectivity index (χ4n) is 1.26. The summed E-state index contributed by atoms with van der Waals surface area (Å²) in [6, 6.07) is 6.99. The number of alkyl halides is 1.